The molecule has 4 aliphatic heterocycles. The normalized spacial score (nSPS) is 13.9. The molecule has 0 bridgehead atoms. The highest BCUT2D eigenvalue weighted by molar-refractivity contribution is 7.01. The highest BCUT2D eigenvalue weighted by Crippen LogP contribution is 2.59. The highest BCUT2D eigenvalue weighted by Gasteiger charge is 2.49. The largest absolute Gasteiger partial charge is 0.456 e. The number of hydrogen-bond acceptors (Lipinski definition) is 4. The summed E-state index contributed by atoms with van der Waals surface area (Å²) in [6.45, 7) is 6.89. The van der Waals surface area contributed by atoms with Gasteiger partial charge in [-0.2, -0.15) is 0 Å². The van der Waals surface area contributed by atoms with Gasteiger partial charge in [0.2, 0.25) is 0 Å². The Bertz CT molecular complexity index is 3640. The van der Waals surface area contributed by atoms with Crippen LogP contribution in [0.1, 0.15) is 26.3 Å². The van der Waals surface area contributed by atoms with Crippen molar-refractivity contribution in [2.24, 2.45) is 0 Å². The standard InChI is InChI=1S/C58H37BN2O2/c1-58(2,3)32-28-45-55-46(29-32)61-44-25-13-9-19-36(44)34-17-5-7-21-38(34)54-52-40-23-11-15-27-48(40)63-50(52)31-42(57(54)61)59(55)41-30-49-51(39-22-10-14-26-47(39)62-49)53-37-20-6-4-16-33(37)35-18-8-12-24-43(35)60(45)56(41)53/h4-31H,1-3H3. The Labute approximate surface area is 364 Å². The van der Waals surface area contributed by atoms with Gasteiger partial charge in [-0.1, -0.05) is 142 Å². The lowest BCUT2D eigenvalue weighted by atomic mass is 9.33. The van der Waals surface area contributed by atoms with Gasteiger partial charge in [-0.25, -0.2) is 0 Å². The average Bonchev–Trinajstić information content (AvgIpc) is 3.80. The van der Waals surface area contributed by atoms with E-state index in [4.69, 9.17) is 8.83 Å². The van der Waals surface area contributed by atoms with E-state index in [1.165, 1.54) is 101 Å². The summed E-state index contributed by atoms with van der Waals surface area (Å²) < 4.78 is 14.0. The molecule has 0 fully saturated rings. The lowest BCUT2D eigenvalue weighted by molar-refractivity contribution is 0.590. The number of benzene rings is 9. The van der Waals surface area contributed by atoms with Gasteiger partial charge in [-0.15, -0.1) is 0 Å². The molecule has 4 aliphatic rings. The molecule has 0 unspecified atom stereocenters. The molecule has 0 N–H and O–H groups in total. The van der Waals surface area contributed by atoms with E-state index in [9.17, 15) is 0 Å². The zero-order valence-corrected chi connectivity index (χ0v) is 35.0. The third-order valence-corrected chi connectivity index (χ3v) is 14.4. The smallest absolute Gasteiger partial charge is 0.252 e. The van der Waals surface area contributed by atoms with Gasteiger partial charge in [0.25, 0.3) is 6.71 Å². The molecule has 0 radical (unpaired) electrons. The second-order valence-corrected chi connectivity index (χ2v) is 18.7. The Balaban J connectivity index is 1.21. The third kappa shape index (κ3) is 4.18. The molecule has 0 saturated heterocycles. The third-order valence-electron chi connectivity index (χ3n) is 14.4. The van der Waals surface area contributed by atoms with Crippen molar-refractivity contribution in [1.82, 2.24) is 0 Å². The molecular formula is C58H37BN2O2. The summed E-state index contributed by atoms with van der Waals surface area (Å²) in [5, 5.41) is 4.55. The lowest BCUT2D eigenvalue weighted by Crippen LogP contribution is -2.61. The predicted octanol–water partition coefficient (Wildman–Crippen LogP) is 14.2. The predicted molar refractivity (Wildman–Crippen MR) is 263 cm³/mol. The van der Waals surface area contributed by atoms with Gasteiger partial charge >= 0.3 is 0 Å². The first-order valence-corrected chi connectivity index (χ1v) is 22.0. The summed E-state index contributed by atoms with van der Waals surface area (Å²) in [6, 6.07) is 62.9. The van der Waals surface area contributed by atoms with Crippen LogP contribution in [0.2, 0.25) is 0 Å². The molecule has 0 amide bonds. The Morgan fingerprint density at radius 3 is 1.25 bits per heavy atom. The molecule has 0 saturated carbocycles. The van der Waals surface area contributed by atoms with Crippen LogP contribution in [0.5, 0.6) is 0 Å². The summed E-state index contributed by atoms with van der Waals surface area (Å²) in [6.07, 6.45) is 0. The van der Waals surface area contributed by atoms with Crippen LogP contribution in [-0.4, -0.2) is 6.71 Å². The van der Waals surface area contributed by atoms with Gasteiger partial charge < -0.3 is 18.6 Å². The van der Waals surface area contributed by atoms with Crippen LogP contribution < -0.4 is 26.2 Å². The van der Waals surface area contributed by atoms with Crippen LogP contribution in [0, 0.1) is 0 Å². The van der Waals surface area contributed by atoms with E-state index in [0.717, 1.165) is 43.9 Å². The molecule has 0 aliphatic carbocycles. The van der Waals surface area contributed by atoms with Crippen molar-refractivity contribution in [2.75, 3.05) is 9.80 Å². The number of para-hydroxylation sites is 4. The highest BCUT2D eigenvalue weighted by atomic mass is 16.3. The number of hydrogen-bond donors (Lipinski definition) is 0. The first kappa shape index (κ1) is 33.9. The molecular weight excluding hydrogens is 767 g/mol. The van der Waals surface area contributed by atoms with Crippen molar-refractivity contribution in [1.29, 1.82) is 0 Å². The Morgan fingerprint density at radius 2 is 0.794 bits per heavy atom. The quantitative estimate of drug-likeness (QED) is 0.143. The van der Waals surface area contributed by atoms with E-state index in [-0.39, 0.29) is 12.1 Å². The van der Waals surface area contributed by atoms with E-state index in [0.29, 0.717) is 0 Å². The number of furan rings is 2. The summed E-state index contributed by atoms with van der Waals surface area (Å²) >= 11 is 0. The van der Waals surface area contributed by atoms with E-state index in [1.54, 1.807) is 0 Å². The fraction of sp³-hybridized carbons (Fsp3) is 0.0690. The van der Waals surface area contributed by atoms with Crippen molar-refractivity contribution >= 4 is 101 Å². The Morgan fingerprint density at radius 1 is 0.397 bits per heavy atom. The molecule has 63 heavy (non-hydrogen) atoms. The Kier molecular flexibility index (Phi) is 6.23. The first-order valence-electron chi connectivity index (χ1n) is 22.0. The number of anilines is 6. The zero-order chi connectivity index (χ0) is 41.5. The van der Waals surface area contributed by atoms with Crippen molar-refractivity contribution in [3.8, 4) is 44.5 Å². The first-order chi connectivity index (χ1) is 30.9. The molecule has 11 aromatic rings. The summed E-state index contributed by atoms with van der Waals surface area (Å²) in [7, 11) is 0. The monoisotopic (exact) mass is 804 g/mol. The average molecular weight is 805 g/mol. The summed E-state index contributed by atoms with van der Waals surface area (Å²) in [5.41, 5.74) is 25.3. The second-order valence-electron chi connectivity index (χ2n) is 18.7. The molecule has 9 aromatic carbocycles. The number of fused-ring (bicyclic) bond motifs is 22. The maximum Gasteiger partial charge on any atom is 0.252 e. The minimum Gasteiger partial charge on any atom is -0.456 e. The van der Waals surface area contributed by atoms with E-state index in [2.05, 4.69) is 200 Å². The minimum absolute atomic E-state index is 0.161. The number of nitrogens with zero attached hydrogens (tertiary/aromatic N) is 2. The second kappa shape index (κ2) is 11.6. The van der Waals surface area contributed by atoms with E-state index >= 15 is 0 Å². The molecule has 15 rings (SSSR count). The van der Waals surface area contributed by atoms with Crippen LogP contribution >= 0.6 is 0 Å². The molecule has 5 heteroatoms. The van der Waals surface area contributed by atoms with Gasteiger partial charge in [0.1, 0.15) is 22.3 Å². The topological polar surface area (TPSA) is 32.8 Å². The molecule has 294 valence electrons. The summed E-state index contributed by atoms with van der Waals surface area (Å²) in [5.74, 6) is 0. The SMILES string of the molecule is CC(C)(C)c1cc2c3c(c1)N1c4ccccc4-c4ccccc4-c4c1c(cc1oc5ccccc5c41)B3c1cc3oc4ccccc4c3c3c1N2c1ccccc1-c1ccccc1-3. The molecule has 0 atom stereocenters. The zero-order valence-electron chi connectivity index (χ0n) is 35.0. The van der Waals surface area contributed by atoms with Crippen molar-refractivity contribution < 1.29 is 8.83 Å². The van der Waals surface area contributed by atoms with Crippen LogP contribution in [0.4, 0.5) is 34.1 Å². The maximum atomic E-state index is 6.99. The van der Waals surface area contributed by atoms with Gasteiger partial charge in [0.05, 0.1) is 22.7 Å². The maximum absolute atomic E-state index is 6.99. The Hall–Kier alpha value is -7.76. The molecule has 6 heterocycles. The summed E-state index contributed by atoms with van der Waals surface area (Å²) in [4.78, 5) is 5.24. The van der Waals surface area contributed by atoms with Gasteiger partial charge in [-0.3, -0.25) is 0 Å². The van der Waals surface area contributed by atoms with Crippen LogP contribution in [-0.2, 0) is 5.41 Å². The fourth-order valence-corrected chi connectivity index (χ4v) is 11.8. The van der Waals surface area contributed by atoms with Crippen molar-refractivity contribution in [3.63, 3.8) is 0 Å². The van der Waals surface area contributed by atoms with Crippen LogP contribution in [0.3, 0.4) is 0 Å². The molecule has 2 aromatic heterocycles. The van der Waals surface area contributed by atoms with Gasteiger partial charge in [0, 0.05) is 55.2 Å². The number of rotatable bonds is 0. The van der Waals surface area contributed by atoms with Crippen LogP contribution in [0.25, 0.3) is 88.4 Å². The fourth-order valence-electron chi connectivity index (χ4n) is 11.8. The van der Waals surface area contributed by atoms with Crippen molar-refractivity contribution in [3.05, 3.63) is 175 Å². The van der Waals surface area contributed by atoms with E-state index in [1.807, 2.05) is 0 Å². The van der Waals surface area contributed by atoms with Gasteiger partial charge in [-0.05, 0) is 98.2 Å². The van der Waals surface area contributed by atoms with Crippen molar-refractivity contribution in [2.45, 2.75) is 26.2 Å². The van der Waals surface area contributed by atoms with Crippen LogP contribution in [0.15, 0.2) is 179 Å². The van der Waals surface area contributed by atoms with E-state index < -0.39 is 0 Å². The minimum atomic E-state index is -0.163. The lowest BCUT2D eigenvalue weighted by Gasteiger charge is -2.46. The molecule has 4 nitrogen and oxygen atoms in total. The molecule has 0 spiro atoms. The van der Waals surface area contributed by atoms with Gasteiger partial charge in [0.15, 0.2) is 0 Å².